The van der Waals surface area contributed by atoms with E-state index in [9.17, 15) is 14.7 Å². The number of carbonyl (C=O) groups is 2. The molecule has 1 N–H and O–H groups in total. The highest BCUT2D eigenvalue weighted by Gasteiger charge is 2.35. The van der Waals surface area contributed by atoms with Gasteiger partial charge in [-0.25, -0.2) is 0 Å². The Morgan fingerprint density at radius 2 is 1.65 bits per heavy atom. The Morgan fingerprint density at radius 1 is 0.946 bits per heavy atom. The molecule has 8 heteroatoms. The summed E-state index contributed by atoms with van der Waals surface area (Å²) in [7, 11) is 0. The third kappa shape index (κ3) is 4.80. The van der Waals surface area contributed by atoms with Crippen LogP contribution in [0.25, 0.3) is 10.8 Å². The number of β-amino-alcohol motifs (C(OH)–C–C–N with tert-alkyl or cyclic N) is 1. The molecule has 0 aliphatic carbocycles. The monoisotopic (exact) mass is 502 g/mol. The normalized spacial score (nSPS) is 18.6. The first-order valence-corrected chi connectivity index (χ1v) is 12.8. The highest BCUT2D eigenvalue weighted by molar-refractivity contribution is 6.25. The molecule has 1 saturated heterocycles. The summed E-state index contributed by atoms with van der Waals surface area (Å²) in [6.07, 6.45) is 1.15. The Morgan fingerprint density at radius 3 is 2.38 bits per heavy atom. The molecular weight excluding hydrogens is 472 g/mol. The number of rotatable bonds is 8. The van der Waals surface area contributed by atoms with Gasteiger partial charge in [0, 0.05) is 29.6 Å². The minimum atomic E-state index is -0.590. The van der Waals surface area contributed by atoms with Gasteiger partial charge in [-0.1, -0.05) is 30.3 Å². The third-order valence-electron chi connectivity index (χ3n) is 7.49. The first-order valence-electron chi connectivity index (χ1n) is 12.8. The molecule has 8 nitrogen and oxygen atoms in total. The standard InChI is InChI=1S/C29H30N2O6/c32-22(17-35-16-20-7-8-25-26(13-20)37-18-36-25)15-30-11-9-19(10-12-30)14-31-28(33)23-5-1-3-21-4-2-6-24(27(21)23)29(31)34/h1-8,13,19,22,32H,9-12,14-18H2/t22-/m1/s1. The van der Waals surface area contributed by atoms with Gasteiger partial charge in [0.2, 0.25) is 6.79 Å². The maximum Gasteiger partial charge on any atom is 0.261 e. The van der Waals surface area contributed by atoms with Gasteiger partial charge in [-0.2, -0.15) is 0 Å². The van der Waals surface area contributed by atoms with Crippen molar-refractivity contribution >= 4 is 22.6 Å². The minimum absolute atomic E-state index is 0.202. The second kappa shape index (κ2) is 10.1. The molecule has 2 amide bonds. The summed E-state index contributed by atoms with van der Waals surface area (Å²) < 4.78 is 16.4. The summed E-state index contributed by atoms with van der Waals surface area (Å²) in [5.74, 6) is 1.30. The van der Waals surface area contributed by atoms with Crippen molar-refractivity contribution in [2.45, 2.75) is 25.6 Å². The molecule has 0 saturated carbocycles. The third-order valence-corrected chi connectivity index (χ3v) is 7.49. The lowest BCUT2D eigenvalue weighted by atomic mass is 9.91. The van der Waals surface area contributed by atoms with Crippen LogP contribution in [0, 0.1) is 5.92 Å². The number of fused-ring (bicyclic) bond motifs is 1. The van der Waals surface area contributed by atoms with E-state index in [4.69, 9.17) is 14.2 Å². The number of likely N-dealkylation sites (tertiary alicyclic amines) is 1. The second-order valence-electron chi connectivity index (χ2n) is 10.0. The maximum atomic E-state index is 13.2. The van der Waals surface area contributed by atoms with E-state index in [1.165, 1.54) is 4.90 Å². The van der Waals surface area contributed by atoms with Gasteiger partial charge in [0.1, 0.15) is 0 Å². The van der Waals surface area contributed by atoms with Gasteiger partial charge >= 0.3 is 0 Å². The topological polar surface area (TPSA) is 88.5 Å². The van der Waals surface area contributed by atoms with Gasteiger partial charge in [0.15, 0.2) is 11.5 Å². The van der Waals surface area contributed by atoms with E-state index in [-0.39, 0.29) is 31.1 Å². The van der Waals surface area contributed by atoms with Crippen LogP contribution in [0.2, 0.25) is 0 Å². The first-order chi connectivity index (χ1) is 18.1. The van der Waals surface area contributed by atoms with Crippen molar-refractivity contribution in [3.05, 3.63) is 71.3 Å². The molecule has 1 atom stereocenters. The molecule has 0 aromatic heterocycles. The van der Waals surface area contributed by atoms with Crippen molar-refractivity contribution in [1.29, 1.82) is 0 Å². The van der Waals surface area contributed by atoms with Crippen molar-refractivity contribution in [1.82, 2.24) is 9.80 Å². The predicted octanol–water partition coefficient (Wildman–Crippen LogP) is 3.45. The Labute approximate surface area is 215 Å². The van der Waals surface area contributed by atoms with Gasteiger partial charge < -0.3 is 24.2 Å². The van der Waals surface area contributed by atoms with Gasteiger partial charge in [-0.15, -0.1) is 0 Å². The lowest BCUT2D eigenvalue weighted by Gasteiger charge is -2.36. The zero-order chi connectivity index (χ0) is 25.4. The molecule has 3 aromatic rings. The first kappa shape index (κ1) is 23.9. The Bertz CT molecular complexity index is 1280. The summed E-state index contributed by atoms with van der Waals surface area (Å²) in [6.45, 7) is 3.46. The average Bonchev–Trinajstić information content (AvgIpc) is 3.39. The Kier molecular flexibility index (Phi) is 6.54. The summed E-state index contributed by atoms with van der Waals surface area (Å²) in [6, 6.07) is 16.9. The summed E-state index contributed by atoms with van der Waals surface area (Å²) in [5.41, 5.74) is 2.18. The van der Waals surface area contributed by atoms with Gasteiger partial charge in [0.05, 0.1) is 19.3 Å². The van der Waals surface area contributed by atoms with E-state index in [2.05, 4.69) is 4.90 Å². The molecule has 192 valence electrons. The van der Waals surface area contributed by atoms with Crippen LogP contribution in [0.5, 0.6) is 11.5 Å². The number of aliphatic hydroxyl groups excluding tert-OH is 1. The highest BCUT2D eigenvalue weighted by atomic mass is 16.7. The SMILES string of the molecule is O=C1c2cccc3cccc(c23)C(=O)N1CC1CCN(C[C@@H](O)COCc2ccc3c(c2)OCO3)CC1. The fourth-order valence-corrected chi connectivity index (χ4v) is 5.55. The minimum Gasteiger partial charge on any atom is -0.454 e. The summed E-state index contributed by atoms with van der Waals surface area (Å²) in [4.78, 5) is 30.0. The van der Waals surface area contributed by atoms with E-state index in [0.29, 0.717) is 30.8 Å². The van der Waals surface area contributed by atoms with Crippen LogP contribution in [-0.2, 0) is 11.3 Å². The molecule has 0 spiro atoms. The van der Waals surface area contributed by atoms with Crippen LogP contribution in [0.1, 0.15) is 39.1 Å². The average molecular weight is 503 g/mol. The fraction of sp³-hybridized carbons (Fsp3) is 0.379. The zero-order valence-corrected chi connectivity index (χ0v) is 20.6. The Balaban J connectivity index is 0.975. The summed E-state index contributed by atoms with van der Waals surface area (Å²) in [5, 5.41) is 12.2. The molecule has 1 fully saturated rings. The molecule has 3 heterocycles. The van der Waals surface area contributed by atoms with Crippen LogP contribution in [0.3, 0.4) is 0 Å². The van der Waals surface area contributed by atoms with Crippen LogP contribution < -0.4 is 9.47 Å². The Hall–Kier alpha value is -3.46. The van der Waals surface area contributed by atoms with Gasteiger partial charge in [-0.05, 0) is 67.1 Å². The number of imide groups is 1. The number of ether oxygens (including phenoxy) is 3. The van der Waals surface area contributed by atoms with E-state index in [1.807, 2.05) is 54.6 Å². The fourth-order valence-electron chi connectivity index (χ4n) is 5.55. The van der Waals surface area contributed by atoms with Crippen molar-refractivity contribution in [3.8, 4) is 11.5 Å². The molecule has 0 unspecified atom stereocenters. The maximum absolute atomic E-state index is 13.2. The van der Waals surface area contributed by atoms with Crippen molar-refractivity contribution in [3.63, 3.8) is 0 Å². The number of nitrogens with zero attached hydrogens (tertiary/aromatic N) is 2. The van der Waals surface area contributed by atoms with Crippen molar-refractivity contribution in [2.24, 2.45) is 5.92 Å². The van der Waals surface area contributed by atoms with Gasteiger partial charge in [0.25, 0.3) is 11.8 Å². The summed E-state index contributed by atoms with van der Waals surface area (Å²) >= 11 is 0. The molecule has 6 rings (SSSR count). The van der Waals surface area contributed by atoms with E-state index in [0.717, 1.165) is 53.8 Å². The van der Waals surface area contributed by atoms with E-state index in [1.54, 1.807) is 0 Å². The molecule has 3 aliphatic rings. The molecular formula is C29H30N2O6. The lowest BCUT2D eigenvalue weighted by molar-refractivity contribution is 0.00357. The van der Waals surface area contributed by atoms with E-state index < -0.39 is 6.10 Å². The van der Waals surface area contributed by atoms with Crippen LogP contribution in [0.15, 0.2) is 54.6 Å². The quantitative estimate of drug-likeness (QED) is 0.472. The number of aliphatic hydroxyl groups is 1. The van der Waals surface area contributed by atoms with Crippen molar-refractivity contribution < 1.29 is 28.9 Å². The number of hydrogen-bond donors (Lipinski definition) is 1. The largest absolute Gasteiger partial charge is 0.454 e. The predicted molar refractivity (Wildman–Crippen MR) is 137 cm³/mol. The number of amides is 2. The van der Waals surface area contributed by atoms with E-state index >= 15 is 0 Å². The number of piperidine rings is 1. The van der Waals surface area contributed by atoms with Crippen LogP contribution in [0.4, 0.5) is 0 Å². The highest BCUT2D eigenvalue weighted by Crippen LogP contribution is 2.33. The lowest BCUT2D eigenvalue weighted by Crippen LogP contribution is -2.46. The zero-order valence-electron chi connectivity index (χ0n) is 20.6. The number of benzene rings is 3. The van der Waals surface area contributed by atoms with Gasteiger partial charge in [-0.3, -0.25) is 14.5 Å². The van der Waals surface area contributed by atoms with Crippen LogP contribution in [-0.4, -0.2) is 72.4 Å². The number of carbonyl (C=O) groups excluding carboxylic acids is 2. The molecule has 0 radical (unpaired) electrons. The van der Waals surface area contributed by atoms with Crippen LogP contribution >= 0.6 is 0 Å². The molecule has 3 aromatic carbocycles. The molecule has 3 aliphatic heterocycles. The molecule has 0 bridgehead atoms. The smallest absolute Gasteiger partial charge is 0.261 e. The molecule has 37 heavy (non-hydrogen) atoms. The number of hydrogen-bond acceptors (Lipinski definition) is 7. The van der Waals surface area contributed by atoms with Crippen molar-refractivity contribution in [2.75, 3.05) is 39.6 Å². The second-order valence-corrected chi connectivity index (χ2v) is 10.0.